The minimum atomic E-state index is 0.402. The molecule has 1 N–H and O–H groups in total. The first-order valence-electron chi connectivity index (χ1n) is 8.65. The van der Waals surface area contributed by atoms with E-state index in [0.29, 0.717) is 5.54 Å². The molecule has 0 amide bonds. The van der Waals surface area contributed by atoms with Crippen LogP contribution in [0.5, 0.6) is 0 Å². The molecular weight excluding hydrogens is 232 g/mol. The topological polar surface area (TPSA) is 15.3 Å². The quantitative estimate of drug-likeness (QED) is 0.817. The zero-order chi connectivity index (χ0) is 13.7. The van der Waals surface area contributed by atoms with Crippen molar-refractivity contribution in [1.82, 2.24) is 10.2 Å². The first-order valence-corrected chi connectivity index (χ1v) is 8.65. The molecule has 0 atom stereocenters. The van der Waals surface area contributed by atoms with Gasteiger partial charge in [-0.05, 0) is 37.6 Å². The fourth-order valence-electron chi connectivity index (χ4n) is 3.94. The zero-order valence-electron chi connectivity index (χ0n) is 13.4. The lowest BCUT2D eigenvalue weighted by Crippen LogP contribution is -2.59. The van der Waals surface area contributed by atoms with E-state index in [0.717, 1.165) is 11.8 Å². The number of nitrogens with one attached hydrogen (secondary N) is 1. The van der Waals surface area contributed by atoms with Crippen molar-refractivity contribution < 1.29 is 0 Å². The lowest BCUT2D eigenvalue weighted by atomic mass is 9.81. The van der Waals surface area contributed by atoms with E-state index in [-0.39, 0.29) is 0 Å². The molecule has 2 rings (SSSR count). The van der Waals surface area contributed by atoms with Gasteiger partial charge >= 0.3 is 0 Å². The zero-order valence-corrected chi connectivity index (χ0v) is 13.4. The van der Waals surface area contributed by atoms with E-state index in [2.05, 4.69) is 31.0 Å². The summed E-state index contributed by atoms with van der Waals surface area (Å²) in [5.74, 6) is 2.01. The van der Waals surface area contributed by atoms with Crippen LogP contribution in [-0.4, -0.2) is 36.6 Å². The van der Waals surface area contributed by atoms with Crippen molar-refractivity contribution in [2.75, 3.05) is 26.2 Å². The van der Waals surface area contributed by atoms with Crippen LogP contribution in [0.15, 0.2) is 0 Å². The summed E-state index contributed by atoms with van der Waals surface area (Å²) >= 11 is 0. The molecule has 2 heteroatoms. The van der Waals surface area contributed by atoms with E-state index >= 15 is 0 Å². The van der Waals surface area contributed by atoms with Gasteiger partial charge in [0.1, 0.15) is 0 Å². The Balaban J connectivity index is 1.73. The minimum Gasteiger partial charge on any atom is -0.309 e. The normalized spacial score (nSPS) is 32.4. The van der Waals surface area contributed by atoms with Crippen LogP contribution < -0.4 is 5.32 Å². The SMILES string of the molecule is CCC1(CC)CN(CCC2CCC(C)CC2)CCN1. The monoisotopic (exact) mass is 266 g/mol. The van der Waals surface area contributed by atoms with E-state index < -0.39 is 0 Å². The van der Waals surface area contributed by atoms with Gasteiger partial charge in [0.2, 0.25) is 0 Å². The lowest BCUT2D eigenvalue weighted by molar-refractivity contribution is 0.113. The molecule has 0 aromatic rings. The average molecular weight is 266 g/mol. The second-order valence-electron chi connectivity index (χ2n) is 7.10. The second kappa shape index (κ2) is 7.08. The van der Waals surface area contributed by atoms with Gasteiger partial charge in [-0.3, -0.25) is 0 Å². The summed E-state index contributed by atoms with van der Waals surface area (Å²) in [4.78, 5) is 2.72. The Morgan fingerprint density at radius 2 is 1.79 bits per heavy atom. The van der Waals surface area contributed by atoms with Crippen molar-refractivity contribution in [3.63, 3.8) is 0 Å². The van der Waals surface area contributed by atoms with E-state index in [1.807, 2.05) is 0 Å². The Kier molecular flexibility index (Phi) is 5.70. The summed E-state index contributed by atoms with van der Waals surface area (Å²) in [5.41, 5.74) is 0.402. The molecule has 19 heavy (non-hydrogen) atoms. The largest absolute Gasteiger partial charge is 0.309 e. The standard InChI is InChI=1S/C17H34N2/c1-4-17(5-2)14-19(13-11-18-17)12-10-16-8-6-15(3)7-9-16/h15-16,18H,4-14H2,1-3H3. The number of hydrogen-bond acceptors (Lipinski definition) is 2. The van der Waals surface area contributed by atoms with Crippen molar-refractivity contribution in [2.45, 2.75) is 71.3 Å². The summed E-state index contributed by atoms with van der Waals surface area (Å²) in [5, 5.41) is 3.76. The maximum Gasteiger partial charge on any atom is 0.0304 e. The Morgan fingerprint density at radius 3 is 2.42 bits per heavy atom. The van der Waals surface area contributed by atoms with Crippen molar-refractivity contribution in [1.29, 1.82) is 0 Å². The minimum absolute atomic E-state index is 0.402. The molecular formula is C17H34N2. The third-order valence-corrected chi connectivity index (χ3v) is 5.80. The van der Waals surface area contributed by atoms with Crippen molar-refractivity contribution >= 4 is 0 Å². The lowest BCUT2D eigenvalue weighted by Gasteiger charge is -2.43. The molecule has 112 valence electrons. The Hall–Kier alpha value is -0.0800. The van der Waals surface area contributed by atoms with Crippen LogP contribution in [0.25, 0.3) is 0 Å². The molecule has 1 saturated carbocycles. The number of nitrogens with zero attached hydrogens (tertiary/aromatic N) is 1. The molecule has 0 aromatic carbocycles. The third-order valence-electron chi connectivity index (χ3n) is 5.80. The highest BCUT2D eigenvalue weighted by atomic mass is 15.2. The summed E-state index contributed by atoms with van der Waals surface area (Å²) in [6.45, 7) is 12.1. The van der Waals surface area contributed by atoms with Crippen LogP contribution in [0.4, 0.5) is 0 Å². The van der Waals surface area contributed by atoms with Crippen LogP contribution in [0.1, 0.15) is 65.7 Å². The van der Waals surface area contributed by atoms with Crippen LogP contribution in [0.3, 0.4) is 0 Å². The van der Waals surface area contributed by atoms with Gasteiger partial charge < -0.3 is 10.2 Å². The van der Waals surface area contributed by atoms with E-state index in [4.69, 9.17) is 0 Å². The van der Waals surface area contributed by atoms with Gasteiger partial charge in [0.05, 0.1) is 0 Å². The van der Waals surface area contributed by atoms with Gasteiger partial charge in [-0.2, -0.15) is 0 Å². The predicted molar refractivity (Wildman–Crippen MR) is 83.5 cm³/mol. The maximum atomic E-state index is 3.76. The molecule has 1 aliphatic carbocycles. The molecule has 0 bridgehead atoms. The molecule has 2 aliphatic rings. The number of rotatable bonds is 5. The molecule has 0 radical (unpaired) electrons. The Labute approximate surface area is 120 Å². The van der Waals surface area contributed by atoms with Gasteiger partial charge in [-0.25, -0.2) is 0 Å². The molecule has 1 aliphatic heterocycles. The third kappa shape index (κ3) is 4.19. The predicted octanol–water partition coefficient (Wildman–Crippen LogP) is 3.67. The van der Waals surface area contributed by atoms with E-state index in [9.17, 15) is 0 Å². The highest BCUT2D eigenvalue weighted by molar-refractivity contribution is 4.92. The molecule has 0 unspecified atom stereocenters. The summed E-state index contributed by atoms with van der Waals surface area (Å²) < 4.78 is 0. The molecule has 2 fully saturated rings. The van der Waals surface area contributed by atoms with Crippen LogP contribution in [-0.2, 0) is 0 Å². The number of hydrogen-bond donors (Lipinski definition) is 1. The van der Waals surface area contributed by atoms with Crippen LogP contribution >= 0.6 is 0 Å². The molecule has 0 spiro atoms. The smallest absolute Gasteiger partial charge is 0.0304 e. The summed E-state index contributed by atoms with van der Waals surface area (Å²) in [7, 11) is 0. The van der Waals surface area contributed by atoms with Gasteiger partial charge in [0.25, 0.3) is 0 Å². The first kappa shape index (κ1) is 15.3. The van der Waals surface area contributed by atoms with Crippen molar-refractivity contribution in [2.24, 2.45) is 11.8 Å². The second-order valence-corrected chi connectivity index (χ2v) is 7.10. The van der Waals surface area contributed by atoms with Gasteiger partial charge in [-0.15, -0.1) is 0 Å². The molecule has 1 heterocycles. The Bertz CT molecular complexity index is 252. The molecule has 0 aromatic heterocycles. The highest BCUT2D eigenvalue weighted by Gasteiger charge is 2.31. The summed E-state index contributed by atoms with van der Waals surface area (Å²) in [6.07, 6.45) is 9.89. The van der Waals surface area contributed by atoms with Crippen molar-refractivity contribution in [3.05, 3.63) is 0 Å². The average Bonchev–Trinajstić information content (AvgIpc) is 2.47. The fourth-order valence-corrected chi connectivity index (χ4v) is 3.94. The van der Waals surface area contributed by atoms with Gasteiger partial charge in [0, 0.05) is 25.2 Å². The van der Waals surface area contributed by atoms with E-state index in [1.54, 1.807) is 0 Å². The fraction of sp³-hybridized carbons (Fsp3) is 1.00. The van der Waals surface area contributed by atoms with Crippen LogP contribution in [0, 0.1) is 11.8 Å². The first-order chi connectivity index (χ1) is 9.17. The van der Waals surface area contributed by atoms with Gasteiger partial charge in [0.15, 0.2) is 0 Å². The number of piperazine rings is 1. The van der Waals surface area contributed by atoms with Gasteiger partial charge in [-0.1, -0.05) is 46.5 Å². The Morgan fingerprint density at radius 1 is 1.11 bits per heavy atom. The maximum absolute atomic E-state index is 3.76. The molecule has 1 saturated heterocycles. The molecule has 2 nitrogen and oxygen atoms in total. The van der Waals surface area contributed by atoms with Crippen molar-refractivity contribution in [3.8, 4) is 0 Å². The highest BCUT2D eigenvalue weighted by Crippen LogP contribution is 2.30. The van der Waals surface area contributed by atoms with Crippen LogP contribution in [0.2, 0.25) is 0 Å². The summed E-state index contributed by atoms with van der Waals surface area (Å²) in [6, 6.07) is 0. The van der Waals surface area contributed by atoms with E-state index in [1.165, 1.54) is 71.1 Å².